The number of hydrogen-bond donors (Lipinski definition) is 1. The van der Waals surface area contributed by atoms with Crippen molar-refractivity contribution in [2.24, 2.45) is 0 Å². The molecule has 172 valence electrons. The van der Waals surface area contributed by atoms with E-state index in [1.807, 2.05) is 60.2 Å². The Kier molecular flexibility index (Phi) is 7.14. The maximum Gasteiger partial charge on any atom is 0.237 e. The van der Waals surface area contributed by atoms with Gasteiger partial charge in [0.1, 0.15) is 17.4 Å². The molecule has 0 spiro atoms. The number of rotatable bonds is 8. The molecular weight excluding hydrogens is 416 g/mol. The summed E-state index contributed by atoms with van der Waals surface area (Å²) in [7, 11) is 3.62. The van der Waals surface area contributed by atoms with Crippen LogP contribution in [0.15, 0.2) is 55.0 Å². The smallest absolute Gasteiger partial charge is 0.237 e. The van der Waals surface area contributed by atoms with Crippen LogP contribution in [0.2, 0.25) is 0 Å². The third kappa shape index (κ3) is 5.64. The fourth-order valence-electron chi connectivity index (χ4n) is 4.17. The first-order valence-corrected chi connectivity index (χ1v) is 11.1. The summed E-state index contributed by atoms with van der Waals surface area (Å²) in [5.74, 6) is 2.30. The van der Waals surface area contributed by atoms with Gasteiger partial charge in [-0.15, -0.1) is 0 Å². The van der Waals surface area contributed by atoms with Gasteiger partial charge < -0.3 is 15.0 Å². The van der Waals surface area contributed by atoms with Crippen molar-refractivity contribution < 1.29 is 9.53 Å². The summed E-state index contributed by atoms with van der Waals surface area (Å²) in [4.78, 5) is 30.6. The number of nitrogens with zero attached hydrogens (tertiary/aromatic N) is 5. The van der Waals surface area contributed by atoms with Crippen LogP contribution in [0, 0.1) is 6.92 Å². The van der Waals surface area contributed by atoms with Gasteiger partial charge in [0, 0.05) is 19.3 Å². The monoisotopic (exact) mass is 446 g/mol. The Bertz CT molecular complexity index is 1110. The van der Waals surface area contributed by atoms with Gasteiger partial charge in [-0.05, 0) is 56.1 Å². The molecule has 1 aromatic carbocycles. The van der Waals surface area contributed by atoms with Gasteiger partial charge >= 0.3 is 0 Å². The fourth-order valence-corrected chi connectivity index (χ4v) is 4.17. The minimum absolute atomic E-state index is 0.0678. The first-order valence-electron chi connectivity index (χ1n) is 11.1. The molecular formula is C25H30N6O2. The largest absolute Gasteiger partial charge is 0.497 e. The van der Waals surface area contributed by atoms with Crippen molar-refractivity contribution in [3.63, 3.8) is 0 Å². The summed E-state index contributed by atoms with van der Waals surface area (Å²) in [6, 6.07) is 11.7. The molecule has 1 aliphatic heterocycles. The highest BCUT2D eigenvalue weighted by atomic mass is 16.5. The minimum atomic E-state index is -0.0678. The molecule has 4 rings (SSSR count). The Hall–Kier alpha value is -3.52. The standard InChI is InChI=1S/C25H30N6O2/c1-18-7-5-11-27-25(18)29-23-15-26-14-21(28-23)22-10-6-12-31(22)24(32)17-30(2)16-19-8-4-9-20(13-19)33-3/h4-5,7-9,11,13-15,22H,6,10,12,16-17H2,1-3H3,(H,27,28,29). The van der Waals surface area contributed by atoms with Crippen molar-refractivity contribution in [3.8, 4) is 5.75 Å². The molecule has 8 heteroatoms. The second kappa shape index (κ2) is 10.4. The van der Waals surface area contributed by atoms with Gasteiger partial charge in [-0.2, -0.15) is 0 Å². The molecule has 0 saturated carbocycles. The summed E-state index contributed by atoms with van der Waals surface area (Å²) >= 11 is 0. The lowest BCUT2D eigenvalue weighted by molar-refractivity contribution is -0.133. The molecule has 8 nitrogen and oxygen atoms in total. The van der Waals surface area contributed by atoms with Crippen molar-refractivity contribution in [2.45, 2.75) is 32.4 Å². The average Bonchev–Trinajstić information content (AvgIpc) is 3.31. The van der Waals surface area contributed by atoms with Crippen molar-refractivity contribution in [3.05, 3.63) is 71.8 Å². The second-order valence-corrected chi connectivity index (χ2v) is 8.39. The number of nitrogens with one attached hydrogen (secondary N) is 1. The Labute approximate surface area is 194 Å². The molecule has 3 aromatic rings. The van der Waals surface area contributed by atoms with E-state index in [2.05, 4.69) is 15.3 Å². The van der Waals surface area contributed by atoms with Gasteiger partial charge in [0.2, 0.25) is 5.91 Å². The normalized spacial score (nSPS) is 15.6. The first kappa shape index (κ1) is 22.7. The van der Waals surface area contributed by atoms with E-state index in [4.69, 9.17) is 9.72 Å². The highest BCUT2D eigenvalue weighted by molar-refractivity contribution is 5.79. The predicted octanol–water partition coefficient (Wildman–Crippen LogP) is 3.73. The second-order valence-electron chi connectivity index (χ2n) is 8.39. The predicted molar refractivity (Wildman–Crippen MR) is 127 cm³/mol. The fraction of sp³-hybridized carbons (Fsp3) is 0.360. The molecule has 2 aromatic heterocycles. The Morgan fingerprint density at radius 3 is 2.97 bits per heavy atom. The van der Waals surface area contributed by atoms with E-state index < -0.39 is 0 Å². The lowest BCUT2D eigenvalue weighted by Gasteiger charge is -2.27. The lowest BCUT2D eigenvalue weighted by atomic mass is 10.1. The molecule has 1 N–H and O–H groups in total. The van der Waals surface area contributed by atoms with Gasteiger partial charge in [-0.3, -0.25) is 14.7 Å². The van der Waals surface area contributed by atoms with E-state index in [0.29, 0.717) is 18.9 Å². The van der Waals surface area contributed by atoms with Crippen LogP contribution in [0.5, 0.6) is 5.75 Å². The molecule has 0 bridgehead atoms. The zero-order valence-electron chi connectivity index (χ0n) is 19.4. The highest BCUT2D eigenvalue weighted by Gasteiger charge is 2.31. The number of carbonyl (C=O) groups is 1. The summed E-state index contributed by atoms with van der Waals surface area (Å²) in [5, 5.41) is 3.24. The minimum Gasteiger partial charge on any atom is -0.497 e. The SMILES string of the molecule is COc1cccc(CN(C)CC(=O)N2CCCC2c2cncc(Nc3ncccc3C)n2)c1. The van der Waals surface area contributed by atoms with Gasteiger partial charge in [0.15, 0.2) is 0 Å². The Morgan fingerprint density at radius 2 is 2.15 bits per heavy atom. The van der Waals surface area contributed by atoms with Crippen LogP contribution in [0.25, 0.3) is 0 Å². The van der Waals surface area contributed by atoms with Gasteiger partial charge in [-0.25, -0.2) is 9.97 Å². The molecule has 0 aliphatic carbocycles. The Morgan fingerprint density at radius 1 is 1.27 bits per heavy atom. The number of hydrogen-bond acceptors (Lipinski definition) is 7. The van der Waals surface area contributed by atoms with Crippen molar-refractivity contribution in [1.82, 2.24) is 24.8 Å². The van der Waals surface area contributed by atoms with Gasteiger partial charge in [-0.1, -0.05) is 18.2 Å². The van der Waals surface area contributed by atoms with Crippen LogP contribution in [0.4, 0.5) is 11.6 Å². The zero-order chi connectivity index (χ0) is 23.2. The molecule has 0 radical (unpaired) electrons. The van der Waals surface area contributed by atoms with Crippen LogP contribution in [-0.4, -0.2) is 57.9 Å². The average molecular weight is 447 g/mol. The van der Waals surface area contributed by atoms with Crippen LogP contribution < -0.4 is 10.1 Å². The molecule has 33 heavy (non-hydrogen) atoms. The number of amides is 1. The third-order valence-electron chi connectivity index (χ3n) is 5.82. The number of aromatic nitrogens is 3. The maximum absolute atomic E-state index is 13.2. The number of likely N-dealkylation sites (N-methyl/N-ethyl adjacent to an activating group) is 1. The topological polar surface area (TPSA) is 83.5 Å². The van der Waals surface area contributed by atoms with Gasteiger partial charge in [0.05, 0.1) is 37.8 Å². The van der Waals surface area contributed by atoms with Crippen LogP contribution in [0.3, 0.4) is 0 Å². The number of aryl methyl sites for hydroxylation is 1. The maximum atomic E-state index is 13.2. The highest BCUT2D eigenvalue weighted by Crippen LogP contribution is 2.31. The number of anilines is 2. The molecule has 1 unspecified atom stereocenters. The van der Waals surface area contributed by atoms with E-state index in [-0.39, 0.29) is 11.9 Å². The van der Waals surface area contributed by atoms with Gasteiger partial charge in [0.25, 0.3) is 0 Å². The number of methoxy groups -OCH3 is 1. The van der Waals surface area contributed by atoms with Crippen molar-refractivity contribution in [1.29, 1.82) is 0 Å². The lowest BCUT2D eigenvalue weighted by Crippen LogP contribution is -2.38. The number of ether oxygens (including phenoxy) is 1. The number of benzene rings is 1. The molecule has 1 atom stereocenters. The number of likely N-dealkylation sites (tertiary alicyclic amines) is 1. The summed E-state index contributed by atoms with van der Waals surface area (Å²) in [5.41, 5.74) is 2.94. The van der Waals surface area contributed by atoms with E-state index in [1.54, 1.807) is 25.7 Å². The Balaban J connectivity index is 1.42. The first-order chi connectivity index (χ1) is 16.0. The van der Waals surface area contributed by atoms with E-state index in [9.17, 15) is 4.79 Å². The quantitative estimate of drug-likeness (QED) is 0.564. The van der Waals surface area contributed by atoms with Crippen molar-refractivity contribution in [2.75, 3.05) is 32.6 Å². The van der Waals surface area contributed by atoms with Crippen molar-refractivity contribution >= 4 is 17.5 Å². The zero-order valence-corrected chi connectivity index (χ0v) is 19.4. The summed E-state index contributed by atoms with van der Waals surface area (Å²) < 4.78 is 5.30. The molecule has 1 amide bonds. The van der Waals surface area contributed by atoms with E-state index in [1.165, 1.54) is 0 Å². The summed E-state index contributed by atoms with van der Waals surface area (Å²) in [6.07, 6.45) is 7.01. The number of pyridine rings is 1. The third-order valence-corrected chi connectivity index (χ3v) is 5.82. The van der Waals surface area contributed by atoms with E-state index >= 15 is 0 Å². The van der Waals surface area contributed by atoms with Crippen LogP contribution in [-0.2, 0) is 11.3 Å². The molecule has 1 aliphatic rings. The number of carbonyl (C=O) groups excluding carboxylic acids is 1. The van der Waals surface area contributed by atoms with E-state index in [0.717, 1.165) is 47.8 Å². The molecule has 3 heterocycles. The summed E-state index contributed by atoms with van der Waals surface area (Å²) in [6.45, 7) is 3.73. The van der Waals surface area contributed by atoms with Crippen LogP contribution >= 0.6 is 0 Å². The molecule has 1 saturated heterocycles. The molecule has 1 fully saturated rings. The van der Waals surface area contributed by atoms with Crippen LogP contribution in [0.1, 0.15) is 35.7 Å².